The normalized spacial score (nSPS) is 11.2. The first-order valence-electron chi connectivity index (χ1n) is 1.26. The zero-order chi connectivity index (χ0) is 4.28. The molecule has 0 spiro atoms. The van der Waals surface area contributed by atoms with Crippen molar-refractivity contribution in [2.75, 3.05) is 13.0 Å². The third kappa shape index (κ3) is 4.06. The highest BCUT2D eigenvalue weighted by Crippen LogP contribution is 2.07. The quantitative estimate of drug-likeness (QED) is 0.476. The van der Waals surface area contributed by atoms with Gasteiger partial charge in [-0.05, 0) is 0 Å². The lowest BCUT2D eigenvalue weighted by atomic mass is 11.7. The van der Waals surface area contributed by atoms with Crippen LogP contribution in [-0.2, 0) is 4.57 Å². The summed E-state index contributed by atoms with van der Waals surface area (Å²) >= 11 is 0. The van der Waals surface area contributed by atoms with Crippen LogP contribution in [0.1, 0.15) is 0 Å². The molecule has 5 heavy (non-hydrogen) atoms. The fraction of sp³-hybridized carbons (Fsp3) is 1.00. The average molecular weight is 93.0 g/mol. The van der Waals surface area contributed by atoms with Gasteiger partial charge in [-0.1, -0.05) is 4.57 Å². The minimum Gasteiger partial charge on any atom is -0.353 e. The molecule has 0 saturated carbocycles. The maximum atomic E-state index is 9.71. The molecule has 0 amide bonds. The molecule has 30 valence electrons. The van der Waals surface area contributed by atoms with Crippen LogP contribution in [0.15, 0.2) is 0 Å². The topological polar surface area (TPSA) is 37.3 Å². The van der Waals surface area contributed by atoms with Crippen molar-refractivity contribution in [1.29, 1.82) is 0 Å². The van der Waals surface area contributed by atoms with E-state index in [2.05, 4.69) is 0 Å². The molecule has 0 aromatic rings. The van der Waals surface area contributed by atoms with Gasteiger partial charge in [0.2, 0.25) is 6.35 Å². The van der Waals surface area contributed by atoms with Gasteiger partial charge in [-0.2, -0.15) is 0 Å². The standard InChI is InChI=1S/C2H6O2P/c1-5(4)2-3/h3H,2H2,1H3/q+1. The van der Waals surface area contributed by atoms with Crippen LogP contribution in [0.25, 0.3) is 0 Å². The number of aliphatic hydroxyl groups is 1. The second-order valence-corrected chi connectivity index (χ2v) is 2.31. The Morgan fingerprint density at radius 1 is 2.00 bits per heavy atom. The summed E-state index contributed by atoms with van der Waals surface area (Å²) in [5.74, 6) is 0. The molecule has 0 aromatic carbocycles. The van der Waals surface area contributed by atoms with E-state index in [1.165, 1.54) is 6.66 Å². The van der Waals surface area contributed by atoms with Crippen molar-refractivity contribution in [3.8, 4) is 0 Å². The number of rotatable bonds is 1. The Bertz CT molecular complexity index is 42.9. The van der Waals surface area contributed by atoms with Crippen molar-refractivity contribution in [3.05, 3.63) is 0 Å². The minimum absolute atomic E-state index is 0.185. The van der Waals surface area contributed by atoms with E-state index in [-0.39, 0.29) is 6.35 Å². The summed E-state index contributed by atoms with van der Waals surface area (Å²) in [5.41, 5.74) is 0. The summed E-state index contributed by atoms with van der Waals surface area (Å²) in [6.07, 6.45) is -0.185. The smallest absolute Gasteiger partial charge is 0.353 e. The lowest BCUT2D eigenvalue weighted by Crippen LogP contribution is -1.63. The van der Waals surface area contributed by atoms with Gasteiger partial charge in [-0.25, -0.2) is 0 Å². The Kier molecular flexibility index (Phi) is 2.33. The van der Waals surface area contributed by atoms with E-state index in [0.717, 1.165) is 0 Å². The highest BCUT2D eigenvalue weighted by atomic mass is 31.1. The van der Waals surface area contributed by atoms with Crippen LogP contribution in [-0.4, -0.2) is 18.1 Å². The number of hydrogen-bond donors (Lipinski definition) is 1. The van der Waals surface area contributed by atoms with E-state index in [9.17, 15) is 4.57 Å². The first-order chi connectivity index (χ1) is 2.27. The molecule has 3 heteroatoms. The van der Waals surface area contributed by atoms with Crippen molar-refractivity contribution in [2.45, 2.75) is 0 Å². The van der Waals surface area contributed by atoms with Gasteiger partial charge in [-0.15, -0.1) is 0 Å². The van der Waals surface area contributed by atoms with Gasteiger partial charge in [-0.3, -0.25) is 0 Å². The molecule has 1 atom stereocenters. The monoisotopic (exact) mass is 93.0 g/mol. The molecule has 0 rings (SSSR count). The molecule has 0 heterocycles. The predicted octanol–water partition coefficient (Wildman–Crippen LogP) is 0.393. The highest BCUT2D eigenvalue weighted by molar-refractivity contribution is 7.43. The third-order valence-corrected chi connectivity index (χ3v) is 0.597. The van der Waals surface area contributed by atoms with E-state index in [1.807, 2.05) is 0 Å². The molecule has 0 aromatic heterocycles. The minimum atomic E-state index is -1.29. The zero-order valence-electron chi connectivity index (χ0n) is 3.01. The molecule has 0 radical (unpaired) electrons. The molecule has 0 aliphatic heterocycles. The molecule has 2 nitrogen and oxygen atoms in total. The summed E-state index contributed by atoms with van der Waals surface area (Å²) in [6.45, 7) is 1.48. The molecule has 0 aliphatic carbocycles. The summed E-state index contributed by atoms with van der Waals surface area (Å²) in [5, 5.41) is 7.86. The van der Waals surface area contributed by atoms with Gasteiger partial charge < -0.3 is 5.11 Å². The van der Waals surface area contributed by atoms with Crippen LogP contribution in [0.5, 0.6) is 0 Å². The summed E-state index contributed by atoms with van der Waals surface area (Å²) in [6, 6.07) is 0. The van der Waals surface area contributed by atoms with Crippen LogP contribution in [0.4, 0.5) is 0 Å². The van der Waals surface area contributed by atoms with E-state index in [0.29, 0.717) is 0 Å². The zero-order valence-corrected chi connectivity index (χ0v) is 3.90. The lowest BCUT2D eigenvalue weighted by molar-refractivity contribution is 0.363. The molecule has 1 N–H and O–H groups in total. The Morgan fingerprint density at radius 2 is 2.20 bits per heavy atom. The second kappa shape index (κ2) is 2.31. The first-order valence-corrected chi connectivity index (χ1v) is 3.15. The van der Waals surface area contributed by atoms with Crippen molar-refractivity contribution in [1.82, 2.24) is 0 Å². The van der Waals surface area contributed by atoms with Crippen molar-refractivity contribution >= 4 is 7.80 Å². The molecular weight excluding hydrogens is 87.0 g/mol. The van der Waals surface area contributed by atoms with Gasteiger partial charge in [0.25, 0.3) is 0 Å². The van der Waals surface area contributed by atoms with E-state index < -0.39 is 7.80 Å². The summed E-state index contributed by atoms with van der Waals surface area (Å²) in [7, 11) is -1.29. The van der Waals surface area contributed by atoms with E-state index in [4.69, 9.17) is 5.11 Å². The predicted molar refractivity (Wildman–Crippen MR) is 20.6 cm³/mol. The van der Waals surface area contributed by atoms with Crippen LogP contribution in [0, 0.1) is 0 Å². The highest BCUT2D eigenvalue weighted by Gasteiger charge is 1.95. The van der Waals surface area contributed by atoms with Crippen molar-refractivity contribution < 1.29 is 9.67 Å². The fourth-order valence-electron chi connectivity index (χ4n) is 0. The van der Waals surface area contributed by atoms with Crippen LogP contribution < -0.4 is 0 Å². The van der Waals surface area contributed by atoms with Crippen LogP contribution >= 0.6 is 7.80 Å². The Morgan fingerprint density at radius 3 is 2.20 bits per heavy atom. The Hall–Kier alpha value is 0.0600. The molecular formula is C2H6O2P+. The third-order valence-electron chi connectivity index (χ3n) is 0.199. The summed E-state index contributed by atoms with van der Waals surface area (Å²) in [4.78, 5) is 0. The van der Waals surface area contributed by atoms with Crippen LogP contribution in [0.2, 0.25) is 0 Å². The molecule has 0 saturated heterocycles. The Labute approximate surface area is 31.6 Å². The Balaban J connectivity index is 2.85. The van der Waals surface area contributed by atoms with Gasteiger partial charge >= 0.3 is 7.80 Å². The number of aliphatic hydroxyl groups excluding tert-OH is 1. The molecule has 0 bridgehead atoms. The SMILES string of the molecule is C[P+](=O)CO. The van der Waals surface area contributed by atoms with E-state index >= 15 is 0 Å². The largest absolute Gasteiger partial charge is 0.363 e. The van der Waals surface area contributed by atoms with Gasteiger partial charge in [0, 0.05) is 0 Å². The van der Waals surface area contributed by atoms with Gasteiger partial charge in [0.05, 0.1) is 0 Å². The maximum absolute atomic E-state index is 9.71. The first kappa shape index (κ1) is 5.06. The maximum Gasteiger partial charge on any atom is 0.363 e. The molecule has 0 fully saturated rings. The second-order valence-electron chi connectivity index (χ2n) is 0.769. The van der Waals surface area contributed by atoms with Crippen molar-refractivity contribution in [3.63, 3.8) is 0 Å². The van der Waals surface area contributed by atoms with Crippen LogP contribution in [0.3, 0.4) is 0 Å². The average Bonchev–Trinajstić information content (AvgIpc) is 1.38. The van der Waals surface area contributed by atoms with E-state index in [1.54, 1.807) is 0 Å². The fourth-order valence-corrected chi connectivity index (χ4v) is 0. The number of hydrogen-bond acceptors (Lipinski definition) is 2. The molecule has 0 aliphatic rings. The summed E-state index contributed by atoms with van der Waals surface area (Å²) < 4.78 is 9.71. The van der Waals surface area contributed by atoms with Gasteiger partial charge in [0.15, 0.2) is 0 Å². The van der Waals surface area contributed by atoms with Crippen molar-refractivity contribution in [2.24, 2.45) is 0 Å². The molecule has 1 unspecified atom stereocenters. The lowest BCUT2D eigenvalue weighted by Gasteiger charge is -1.57. The van der Waals surface area contributed by atoms with Gasteiger partial charge in [0.1, 0.15) is 6.66 Å².